The number of thiophene rings is 1. The lowest BCUT2D eigenvalue weighted by Gasteiger charge is -2.15. The van der Waals surface area contributed by atoms with Gasteiger partial charge in [-0.1, -0.05) is 6.07 Å². The molecule has 0 aromatic carbocycles. The summed E-state index contributed by atoms with van der Waals surface area (Å²) in [6, 6.07) is 3.18. The van der Waals surface area contributed by atoms with Crippen molar-refractivity contribution in [2.24, 2.45) is 0 Å². The van der Waals surface area contributed by atoms with Gasteiger partial charge in [-0.25, -0.2) is 18.1 Å². The number of hydrogen-bond acceptors (Lipinski definition) is 6. The van der Waals surface area contributed by atoms with Crippen LogP contribution in [0.5, 0.6) is 0 Å². The van der Waals surface area contributed by atoms with Crippen LogP contribution in [0.25, 0.3) is 0 Å². The van der Waals surface area contributed by atoms with E-state index in [4.69, 9.17) is 0 Å². The molecule has 2 rings (SSSR count). The molecule has 21 heavy (non-hydrogen) atoms. The minimum atomic E-state index is -3.52. The maximum atomic E-state index is 11.9. The summed E-state index contributed by atoms with van der Waals surface area (Å²) in [5, 5.41) is 8.04. The minimum Gasteiger partial charge on any atom is -0.338 e. The van der Waals surface area contributed by atoms with E-state index in [1.807, 2.05) is 0 Å². The summed E-state index contributed by atoms with van der Waals surface area (Å²) in [7, 11) is -1.90. The Morgan fingerprint density at radius 2 is 2.33 bits per heavy atom. The van der Waals surface area contributed by atoms with Crippen molar-refractivity contribution in [1.82, 2.24) is 24.8 Å². The van der Waals surface area contributed by atoms with Crippen molar-refractivity contribution in [2.45, 2.75) is 17.2 Å². The molecule has 2 aromatic rings. The average Bonchev–Trinajstić information content (AvgIpc) is 3.11. The highest BCUT2D eigenvalue weighted by molar-refractivity contribution is 7.91. The van der Waals surface area contributed by atoms with Crippen LogP contribution in [0, 0.1) is 0 Å². The Bertz CT molecular complexity index is 667. The Kier molecular flexibility index (Phi) is 5.04. The van der Waals surface area contributed by atoms with Crippen LogP contribution in [0.1, 0.15) is 12.2 Å². The molecule has 0 saturated heterocycles. The third-order valence-electron chi connectivity index (χ3n) is 2.67. The zero-order chi connectivity index (χ0) is 15.3. The van der Waals surface area contributed by atoms with Crippen molar-refractivity contribution in [3.63, 3.8) is 0 Å². The molecule has 2 N–H and O–H groups in total. The van der Waals surface area contributed by atoms with Gasteiger partial charge in [0, 0.05) is 20.0 Å². The lowest BCUT2D eigenvalue weighted by molar-refractivity contribution is -0.130. The van der Waals surface area contributed by atoms with Gasteiger partial charge < -0.3 is 4.90 Å². The van der Waals surface area contributed by atoms with E-state index in [2.05, 4.69) is 19.9 Å². The Balaban J connectivity index is 1.79. The van der Waals surface area contributed by atoms with Gasteiger partial charge in [0.25, 0.3) is 0 Å². The number of aromatic nitrogens is 3. The number of nitrogens with zero attached hydrogens (tertiary/aromatic N) is 3. The molecule has 0 aliphatic heterocycles. The van der Waals surface area contributed by atoms with E-state index in [1.54, 1.807) is 18.5 Å². The van der Waals surface area contributed by atoms with Crippen molar-refractivity contribution in [3.05, 3.63) is 29.7 Å². The molecule has 0 unspecified atom stereocenters. The Morgan fingerprint density at radius 1 is 1.52 bits per heavy atom. The summed E-state index contributed by atoms with van der Waals surface area (Å²) in [5.74, 6) is 0.394. The molecule has 0 saturated carbocycles. The molecule has 0 atom stereocenters. The van der Waals surface area contributed by atoms with Crippen LogP contribution >= 0.6 is 11.3 Å². The molecule has 0 radical (unpaired) electrons. The highest BCUT2D eigenvalue weighted by Gasteiger charge is 2.16. The number of amides is 1. The number of nitrogens with one attached hydrogen (secondary N) is 2. The van der Waals surface area contributed by atoms with E-state index in [1.165, 1.54) is 17.3 Å². The fraction of sp³-hybridized carbons (Fsp3) is 0.364. The Morgan fingerprint density at radius 3 is 2.95 bits per heavy atom. The summed E-state index contributed by atoms with van der Waals surface area (Å²) in [4.78, 5) is 17.3. The Labute approximate surface area is 126 Å². The van der Waals surface area contributed by atoms with Crippen molar-refractivity contribution >= 4 is 27.3 Å². The third kappa shape index (κ3) is 4.34. The first kappa shape index (κ1) is 15.6. The van der Waals surface area contributed by atoms with E-state index < -0.39 is 10.0 Å². The van der Waals surface area contributed by atoms with Crippen molar-refractivity contribution in [1.29, 1.82) is 0 Å². The lowest BCUT2D eigenvalue weighted by Crippen LogP contribution is -2.31. The number of hydrogen-bond donors (Lipinski definition) is 2. The predicted octanol–water partition coefficient (Wildman–Crippen LogP) is 0.193. The first-order chi connectivity index (χ1) is 9.99. The number of carbonyl (C=O) groups excluding carboxylic acids is 1. The normalized spacial score (nSPS) is 11.5. The van der Waals surface area contributed by atoms with E-state index in [0.29, 0.717) is 12.4 Å². The van der Waals surface area contributed by atoms with Crippen LogP contribution in [0.3, 0.4) is 0 Å². The van der Waals surface area contributed by atoms with Crippen LogP contribution in [-0.4, -0.2) is 48.0 Å². The van der Waals surface area contributed by atoms with E-state index in [-0.39, 0.29) is 23.1 Å². The molecule has 0 aliphatic rings. The molecule has 10 heteroatoms. The first-order valence-corrected chi connectivity index (χ1v) is 8.47. The number of sulfonamides is 1. The summed E-state index contributed by atoms with van der Waals surface area (Å²) >= 11 is 1.13. The van der Waals surface area contributed by atoms with Crippen LogP contribution in [0.15, 0.2) is 28.0 Å². The molecule has 1 amide bonds. The van der Waals surface area contributed by atoms with Gasteiger partial charge in [-0.2, -0.15) is 5.10 Å². The fourth-order valence-corrected chi connectivity index (χ4v) is 3.66. The second-order valence-corrected chi connectivity index (χ2v) is 7.20. The summed E-state index contributed by atoms with van der Waals surface area (Å²) in [6.45, 7) is 0.357. The standard InChI is InChI=1S/C11H15N5O3S2/c1-16(7-9-12-8-13-15-9)10(17)4-5-14-21(18,19)11-3-2-6-20-11/h2-3,6,8,14H,4-5,7H2,1H3,(H,12,13,15). The fourth-order valence-electron chi connectivity index (χ4n) is 1.59. The monoisotopic (exact) mass is 329 g/mol. The summed E-state index contributed by atoms with van der Waals surface area (Å²) < 4.78 is 26.4. The van der Waals surface area contributed by atoms with E-state index in [0.717, 1.165) is 11.3 Å². The van der Waals surface area contributed by atoms with Gasteiger partial charge in [0.1, 0.15) is 16.4 Å². The minimum absolute atomic E-state index is 0.0554. The van der Waals surface area contributed by atoms with Gasteiger partial charge in [-0.05, 0) is 11.4 Å². The number of aromatic amines is 1. The number of carbonyl (C=O) groups is 1. The zero-order valence-corrected chi connectivity index (χ0v) is 12.9. The number of rotatable bonds is 7. The molecular weight excluding hydrogens is 314 g/mol. The second-order valence-electron chi connectivity index (χ2n) is 4.26. The van der Waals surface area contributed by atoms with Gasteiger partial charge in [0.2, 0.25) is 15.9 Å². The largest absolute Gasteiger partial charge is 0.338 e. The zero-order valence-electron chi connectivity index (χ0n) is 11.3. The molecule has 2 heterocycles. The first-order valence-electron chi connectivity index (χ1n) is 6.10. The quantitative estimate of drug-likeness (QED) is 0.754. The SMILES string of the molecule is CN(Cc1ncn[nH]1)C(=O)CCNS(=O)(=O)c1cccs1. The molecule has 0 spiro atoms. The van der Waals surface area contributed by atoms with Crippen LogP contribution < -0.4 is 4.72 Å². The van der Waals surface area contributed by atoms with Gasteiger partial charge in [-0.3, -0.25) is 9.89 Å². The van der Waals surface area contributed by atoms with Crippen LogP contribution in [0.4, 0.5) is 0 Å². The molecule has 2 aromatic heterocycles. The maximum Gasteiger partial charge on any atom is 0.250 e. The molecule has 0 aliphatic carbocycles. The maximum absolute atomic E-state index is 11.9. The van der Waals surface area contributed by atoms with Crippen LogP contribution in [-0.2, 0) is 21.4 Å². The highest BCUT2D eigenvalue weighted by Crippen LogP contribution is 2.15. The Hall–Kier alpha value is -1.78. The molecule has 114 valence electrons. The second kappa shape index (κ2) is 6.78. The topological polar surface area (TPSA) is 108 Å². The smallest absolute Gasteiger partial charge is 0.250 e. The molecule has 0 bridgehead atoms. The van der Waals surface area contributed by atoms with Crippen molar-refractivity contribution < 1.29 is 13.2 Å². The van der Waals surface area contributed by atoms with Crippen LogP contribution in [0.2, 0.25) is 0 Å². The number of H-pyrrole nitrogens is 1. The van der Waals surface area contributed by atoms with Crippen molar-refractivity contribution in [2.75, 3.05) is 13.6 Å². The van der Waals surface area contributed by atoms with Gasteiger partial charge >= 0.3 is 0 Å². The predicted molar refractivity (Wildman–Crippen MR) is 77.0 cm³/mol. The van der Waals surface area contributed by atoms with E-state index >= 15 is 0 Å². The van der Waals surface area contributed by atoms with Gasteiger partial charge in [0.05, 0.1) is 6.54 Å². The molecular formula is C11H15N5O3S2. The average molecular weight is 329 g/mol. The summed E-state index contributed by atoms with van der Waals surface area (Å²) in [5.41, 5.74) is 0. The third-order valence-corrected chi connectivity index (χ3v) is 5.53. The van der Waals surface area contributed by atoms with Gasteiger partial charge in [-0.15, -0.1) is 11.3 Å². The highest BCUT2D eigenvalue weighted by atomic mass is 32.2. The van der Waals surface area contributed by atoms with Crippen molar-refractivity contribution in [3.8, 4) is 0 Å². The molecule has 8 nitrogen and oxygen atoms in total. The summed E-state index contributed by atoms with van der Waals surface area (Å²) in [6.07, 6.45) is 1.44. The lowest BCUT2D eigenvalue weighted by atomic mass is 10.3. The van der Waals surface area contributed by atoms with E-state index in [9.17, 15) is 13.2 Å². The van der Waals surface area contributed by atoms with Gasteiger partial charge in [0.15, 0.2) is 0 Å². The molecule has 0 fully saturated rings.